The standard InChI is InChI=1S/C12H18N4OS/c1-4-9(8(3)13)12-15-10(16-17-12)5-11-14-7(2)6-18-11/h6,8-9H,4-5,13H2,1-3H3. The molecule has 0 aliphatic rings. The molecule has 2 aromatic heterocycles. The first kappa shape index (κ1) is 13.2. The zero-order valence-corrected chi connectivity index (χ0v) is 11.7. The van der Waals surface area contributed by atoms with E-state index in [1.54, 1.807) is 11.3 Å². The highest BCUT2D eigenvalue weighted by Gasteiger charge is 2.21. The van der Waals surface area contributed by atoms with E-state index in [1.165, 1.54) is 0 Å². The first-order chi connectivity index (χ1) is 8.60. The van der Waals surface area contributed by atoms with E-state index in [2.05, 4.69) is 22.0 Å². The Morgan fingerprint density at radius 1 is 1.44 bits per heavy atom. The minimum Gasteiger partial charge on any atom is -0.339 e. The SMILES string of the molecule is CCC(c1nc(Cc2nc(C)cs2)no1)C(C)N. The molecular formula is C12H18N4OS. The molecule has 6 heteroatoms. The van der Waals surface area contributed by atoms with E-state index in [0.29, 0.717) is 18.1 Å². The molecule has 0 aliphatic carbocycles. The molecule has 98 valence electrons. The van der Waals surface area contributed by atoms with Gasteiger partial charge in [-0.2, -0.15) is 4.98 Å². The number of nitrogens with two attached hydrogens (primary N) is 1. The molecule has 2 atom stereocenters. The molecule has 0 radical (unpaired) electrons. The lowest BCUT2D eigenvalue weighted by Gasteiger charge is -2.13. The summed E-state index contributed by atoms with van der Waals surface area (Å²) in [6.07, 6.45) is 1.52. The van der Waals surface area contributed by atoms with Gasteiger partial charge in [-0.1, -0.05) is 12.1 Å². The molecule has 2 rings (SSSR count). The molecule has 2 aromatic rings. The molecular weight excluding hydrogens is 248 g/mol. The summed E-state index contributed by atoms with van der Waals surface area (Å²) in [6.45, 7) is 6.01. The maximum absolute atomic E-state index is 5.91. The van der Waals surface area contributed by atoms with Crippen LogP contribution < -0.4 is 5.73 Å². The van der Waals surface area contributed by atoms with Crippen molar-refractivity contribution in [2.45, 2.75) is 45.6 Å². The molecule has 0 bridgehead atoms. The summed E-state index contributed by atoms with van der Waals surface area (Å²) in [6, 6.07) is 0.0189. The van der Waals surface area contributed by atoms with Gasteiger partial charge < -0.3 is 10.3 Å². The average molecular weight is 266 g/mol. The number of nitrogens with zero attached hydrogens (tertiary/aromatic N) is 3. The molecule has 2 unspecified atom stereocenters. The summed E-state index contributed by atoms with van der Waals surface area (Å²) in [5.41, 5.74) is 6.93. The lowest BCUT2D eigenvalue weighted by molar-refractivity contribution is 0.331. The Bertz CT molecular complexity index is 506. The van der Waals surface area contributed by atoms with Gasteiger partial charge in [0.15, 0.2) is 5.82 Å². The van der Waals surface area contributed by atoms with Gasteiger partial charge in [-0.05, 0) is 20.3 Å². The van der Waals surface area contributed by atoms with Gasteiger partial charge in [0.2, 0.25) is 5.89 Å². The molecule has 0 spiro atoms. The van der Waals surface area contributed by atoms with Crippen molar-refractivity contribution >= 4 is 11.3 Å². The normalized spacial score (nSPS) is 14.7. The third-order valence-corrected chi connectivity index (χ3v) is 3.82. The van der Waals surface area contributed by atoms with Crippen LogP contribution in [0.3, 0.4) is 0 Å². The van der Waals surface area contributed by atoms with Gasteiger partial charge in [0.1, 0.15) is 5.01 Å². The Hall–Kier alpha value is -1.27. The molecule has 0 amide bonds. The van der Waals surface area contributed by atoms with Crippen LogP contribution in [0, 0.1) is 6.92 Å². The summed E-state index contributed by atoms with van der Waals surface area (Å²) in [5, 5.41) is 7.03. The molecule has 0 saturated heterocycles. The Kier molecular flexibility index (Phi) is 4.08. The zero-order chi connectivity index (χ0) is 13.1. The van der Waals surface area contributed by atoms with Crippen LogP contribution >= 0.6 is 11.3 Å². The average Bonchev–Trinajstić information content (AvgIpc) is 2.90. The quantitative estimate of drug-likeness (QED) is 0.898. The van der Waals surface area contributed by atoms with E-state index < -0.39 is 0 Å². The van der Waals surface area contributed by atoms with Crippen molar-refractivity contribution < 1.29 is 4.52 Å². The topological polar surface area (TPSA) is 77.8 Å². The lowest BCUT2D eigenvalue weighted by Crippen LogP contribution is -2.24. The molecule has 0 fully saturated rings. The number of aromatic nitrogens is 3. The number of aryl methyl sites for hydroxylation is 1. The van der Waals surface area contributed by atoms with Crippen molar-refractivity contribution in [2.24, 2.45) is 5.73 Å². The van der Waals surface area contributed by atoms with E-state index in [9.17, 15) is 0 Å². The van der Waals surface area contributed by atoms with Crippen LogP contribution in [-0.2, 0) is 6.42 Å². The van der Waals surface area contributed by atoms with E-state index in [4.69, 9.17) is 10.3 Å². The van der Waals surface area contributed by atoms with Crippen molar-refractivity contribution in [3.8, 4) is 0 Å². The smallest absolute Gasteiger partial charge is 0.231 e. The second-order valence-corrected chi connectivity index (χ2v) is 5.42. The molecule has 0 saturated carbocycles. The largest absolute Gasteiger partial charge is 0.339 e. The maximum atomic E-state index is 5.91. The summed E-state index contributed by atoms with van der Waals surface area (Å²) in [4.78, 5) is 8.80. The van der Waals surface area contributed by atoms with Gasteiger partial charge in [0.25, 0.3) is 0 Å². The fourth-order valence-electron chi connectivity index (χ4n) is 1.88. The predicted octanol–water partition coefficient (Wildman–Crippen LogP) is 2.27. The Morgan fingerprint density at radius 3 is 2.78 bits per heavy atom. The van der Waals surface area contributed by atoms with Gasteiger partial charge in [0.05, 0.1) is 12.3 Å². The summed E-state index contributed by atoms with van der Waals surface area (Å²) in [7, 11) is 0. The highest BCUT2D eigenvalue weighted by Crippen LogP contribution is 2.21. The number of thiazole rings is 1. The van der Waals surface area contributed by atoms with Crippen LogP contribution in [0.25, 0.3) is 0 Å². The number of rotatable bonds is 5. The van der Waals surface area contributed by atoms with E-state index in [0.717, 1.165) is 17.1 Å². The van der Waals surface area contributed by atoms with E-state index in [1.807, 2.05) is 19.2 Å². The van der Waals surface area contributed by atoms with Crippen LogP contribution in [0.1, 0.15) is 48.6 Å². The minimum absolute atomic E-state index is 0.0189. The van der Waals surface area contributed by atoms with Crippen LogP contribution in [-0.4, -0.2) is 21.2 Å². The fourth-order valence-corrected chi connectivity index (χ4v) is 2.65. The van der Waals surface area contributed by atoms with E-state index in [-0.39, 0.29) is 12.0 Å². The number of hydrogen-bond acceptors (Lipinski definition) is 6. The van der Waals surface area contributed by atoms with Gasteiger partial charge in [-0.15, -0.1) is 11.3 Å². The van der Waals surface area contributed by atoms with Crippen LogP contribution in [0.2, 0.25) is 0 Å². The predicted molar refractivity (Wildman–Crippen MR) is 70.6 cm³/mol. The van der Waals surface area contributed by atoms with Crippen molar-refractivity contribution in [3.63, 3.8) is 0 Å². The zero-order valence-electron chi connectivity index (χ0n) is 10.9. The number of hydrogen-bond donors (Lipinski definition) is 1. The van der Waals surface area contributed by atoms with Gasteiger partial charge in [-0.3, -0.25) is 0 Å². The molecule has 18 heavy (non-hydrogen) atoms. The molecule has 0 aromatic carbocycles. The van der Waals surface area contributed by atoms with Crippen molar-refractivity contribution in [1.29, 1.82) is 0 Å². The van der Waals surface area contributed by atoms with Crippen molar-refractivity contribution in [2.75, 3.05) is 0 Å². The minimum atomic E-state index is 0.0189. The second kappa shape index (κ2) is 5.58. The summed E-state index contributed by atoms with van der Waals surface area (Å²) < 4.78 is 5.29. The first-order valence-electron chi connectivity index (χ1n) is 6.09. The fraction of sp³-hybridized carbons (Fsp3) is 0.583. The Morgan fingerprint density at radius 2 is 2.22 bits per heavy atom. The summed E-state index contributed by atoms with van der Waals surface area (Å²) in [5.74, 6) is 1.44. The van der Waals surface area contributed by atoms with Gasteiger partial charge >= 0.3 is 0 Å². The second-order valence-electron chi connectivity index (χ2n) is 4.48. The third kappa shape index (κ3) is 2.94. The van der Waals surface area contributed by atoms with Crippen LogP contribution in [0.5, 0.6) is 0 Å². The molecule has 2 heterocycles. The molecule has 0 aliphatic heterocycles. The Labute approximate surface area is 110 Å². The lowest BCUT2D eigenvalue weighted by atomic mass is 9.99. The third-order valence-electron chi connectivity index (χ3n) is 2.85. The first-order valence-corrected chi connectivity index (χ1v) is 6.97. The molecule has 5 nitrogen and oxygen atoms in total. The van der Waals surface area contributed by atoms with Crippen LogP contribution in [0.4, 0.5) is 0 Å². The summed E-state index contributed by atoms with van der Waals surface area (Å²) >= 11 is 1.62. The van der Waals surface area contributed by atoms with Gasteiger partial charge in [-0.25, -0.2) is 4.98 Å². The highest BCUT2D eigenvalue weighted by atomic mass is 32.1. The van der Waals surface area contributed by atoms with Gasteiger partial charge in [0, 0.05) is 17.1 Å². The maximum Gasteiger partial charge on any atom is 0.231 e. The Balaban J connectivity index is 2.10. The molecule has 2 N–H and O–H groups in total. The monoisotopic (exact) mass is 266 g/mol. The van der Waals surface area contributed by atoms with Crippen molar-refractivity contribution in [3.05, 3.63) is 27.8 Å². The van der Waals surface area contributed by atoms with Crippen molar-refractivity contribution in [1.82, 2.24) is 15.1 Å². The van der Waals surface area contributed by atoms with E-state index >= 15 is 0 Å². The highest BCUT2D eigenvalue weighted by molar-refractivity contribution is 7.09. The van der Waals surface area contributed by atoms with Crippen LogP contribution in [0.15, 0.2) is 9.90 Å².